The minimum absolute atomic E-state index is 0.177. The first-order valence-electron chi connectivity index (χ1n) is 7.15. The fraction of sp³-hybridized carbons (Fsp3) is 0.438. The van der Waals surface area contributed by atoms with Crippen molar-refractivity contribution in [1.29, 1.82) is 0 Å². The molecule has 3 rings (SSSR count). The number of nitrogens with one attached hydrogen (secondary N) is 1. The molecule has 106 valence electrons. The fourth-order valence-corrected chi connectivity index (χ4v) is 2.90. The molecule has 2 heterocycles. The van der Waals surface area contributed by atoms with Crippen molar-refractivity contribution < 1.29 is 9.53 Å². The molecular formula is C16H20N2O2. The number of nitrogens with zero attached hydrogens (tertiary/aromatic N) is 1. The second-order valence-corrected chi connectivity index (χ2v) is 5.35. The lowest BCUT2D eigenvalue weighted by atomic mass is 10.0. The highest BCUT2D eigenvalue weighted by molar-refractivity contribution is 5.87. The van der Waals surface area contributed by atoms with Crippen molar-refractivity contribution in [3.05, 3.63) is 36.0 Å². The first-order valence-corrected chi connectivity index (χ1v) is 7.15. The van der Waals surface area contributed by atoms with E-state index < -0.39 is 0 Å². The Balaban J connectivity index is 1.90. The van der Waals surface area contributed by atoms with Gasteiger partial charge in [-0.1, -0.05) is 18.2 Å². The van der Waals surface area contributed by atoms with E-state index >= 15 is 0 Å². The van der Waals surface area contributed by atoms with E-state index in [1.807, 2.05) is 23.1 Å². The second-order valence-electron chi connectivity index (χ2n) is 5.35. The van der Waals surface area contributed by atoms with Crippen LogP contribution in [0.25, 0.3) is 10.9 Å². The molecule has 0 spiro atoms. The van der Waals surface area contributed by atoms with Crippen molar-refractivity contribution in [2.24, 2.45) is 0 Å². The van der Waals surface area contributed by atoms with Crippen LogP contribution in [-0.2, 0) is 9.53 Å². The number of hydrogen-bond donors (Lipinski definition) is 1. The van der Waals surface area contributed by atoms with Crippen molar-refractivity contribution in [1.82, 2.24) is 9.88 Å². The van der Waals surface area contributed by atoms with E-state index in [0.29, 0.717) is 6.61 Å². The summed E-state index contributed by atoms with van der Waals surface area (Å²) >= 11 is 0. The van der Waals surface area contributed by atoms with Crippen molar-refractivity contribution >= 4 is 16.8 Å². The average molecular weight is 272 g/mol. The van der Waals surface area contributed by atoms with Gasteiger partial charge in [-0.15, -0.1) is 0 Å². The Kier molecular flexibility index (Phi) is 3.74. The standard InChI is InChI=1S/C16H20N2O2/c1-20-11-13(16(19)18-8-4-5-9-18)15-10-12-6-2-3-7-14(12)17-15/h2-3,6-7,10,13,17H,4-5,8-9,11H2,1H3. The van der Waals surface area contributed by atoms with E-state index in [4.69, 9.17) is 4.74 Å². The Morgan fingerprint density at radius 3 is 2.80 bits per heavy atom. The molecule has 1 atom stereocenters. The molecule has 1 aliphatic rings. The number of para-hydroxylation sites is 1. The quantitative estimate of drug-likeness (QED) is 0.929. The van der Waals surface area contributed by atoms with Gasteiger partial charge in [0.1, 0.15) is 5.92 Å². The monoisotopic (exact) mass is 272 g/mol. The van der Waals surface area contributed by atoms with Gasteiger partial charge in [-0.3, -0.25) is 4.79 Å². The largest absolute Gasteiger partial charge is 0.383 e. The second kappa shape index (κ2) is 5.67. The first-order chi connectivity index (χ1) is 9.79. The molecule has 1 aromatic heterocycles. The van der Waals surface area contributed by atoms with Crippen molar-refractivity contribution in [2.45, 2.75) is 18.8 Å². The lowest BCUT2D eigenvalue weighted by Crippen LogP contribution is -2.34. The van der Waals surface area contributed by atoms with Crippen molar-refractivity contribution in [3.63, 3.8) is 0 Å². The topological polar surface area (TPSA) is 45.3 Å². The molecule has 20 heavy (non-hydrogen) atoms. The molecule has 0 radical (unpaired) electrons. The lowest BCUT2D eigenvalue weighted by molar-refractivity contribution is -0.133. The number of ether oxygens (including phenoxy) is 1. The van der Waals surface area contributed by atoms with Crippen LogP contribution in [0.2, 0.25) is 0 Å². The number of benzene rings is 1. The highest BCUT2D eigenvalue weighted by Crippen LogP contribution is 2.25. The van der Waals surface area contributed by atoms with E-state index in [1.165, 1.54) is 0 Å². The number of H-pyrrole nitrogens is 1. The van der Waals surface area contributed by atoms with Gasteiger partial charge in [0, 0.05) is 31.4 Å². The van der Waals surface area contributed by atoms with Crippen LogP contribution in [0.4, 0.5) is 0 Å². The number of aromatic nitrogens is 1. The minimum atomic E-state index is -0.231. The third-order valence-corrected chi connectivity index (χ3v) is 3.98. The number of likely N-dealkylation sites (tertiary alicyclic amines) is 1. The molecule has 4 nitrogen and oxygen atoms in total. The lowest BCUT2D eigenvalue weighted by Gasteiger charge is -2.22. The van der Waals surface area contributed by atoms with E-state index in [-0.39, 0.29) is 11.8 Å². The van der Waals surface area contributed by atoms with Crippen LogP contribution >= 0.6 is 0 Å². The van der Waals surface area contributed by atoms with Crippen LogP contribution in [0.1, 0.15) is 24.5 Å². The summed E-state index contributed by atoms with van der Waals surface area (Å²) in [4.78, 5) is 17.9. The van der Waals surface area contributed by atoms with E-state index in [1.54, 1.807) is 7.11 Å². The van der Waals surface area contributed by atoms with Crippen LogP contribution in [0.15, 0.2) is 30.3 Å². The van der Waals surface area contributed by atoms with Gasteiger partial charge in [0.2, 0.25) is 5.91 Å². The van der Waals surface area contributed by atoms with E-state index in [2.05, 4.69) is 17.1 Å². The Hall–Kier alpha value is -1.81. The normalized spacial score (nSPS) is 16.8. The minimum Gasteiger partial charge on any atom is -0.383 e. The zero-order valence-corrected chi connectivity index (χ0v) is 11.8. The summed E-state index contributed by atoms with van der Waals surface area (Å²) in [6.45, 7) is 2.17. The van der Waals surface area contributed by atoms with Crippen LogP contribution in [-0.4, -0.2) is 42.6 Å². The average Bonchev–Trinajstić information content (AvgIpc) is 3.12. The zero-order valence-electron chi connectivity index (χ0n) is 11.8. The molecular weight excluding hydrogens is 252 g/mol. The maximum Gasteiger partial charge on any atom is 0.233 e. The fourth-order valence-electron chi connectivity index (χ4n) is 2.90. The summed E-state index contributed by atoms with van der Waals surface area (Å²) in [5.74, 6) is -0.0543. The smallest absolute Gasteiger partial charge is 0.233 e. The third-order valence-electron chi connectivity index (χ3n) is 3.98. The van der Waals surface area contributed by atoms with Gasteiger partial charge in [-0.05, 0) is 30.4 Å². The number of methoxy groups -OCH3 is 1. The molecule has 1 N–H and O–H groups in total. The summed E-state index contributed by atoms with van der Waals surface area (Å²) < 4.78 is 5.27. The summed E-state index contributed by atoms with van der Waals surface area (Å²) in [7, 11) is 1.65. The van der Waals surface area contributed by atoms with E-state index in [0.717, 1.165) is 42.5 Å². The zero-order chi connectivity index (χ0) is 13.9. The summed E-state index contributed by atoms with van der Waals surface area (Å²) in [6.07, 6.45) is 2.22. The van der Waals surface area contributed by atoms with Gasteiger partial charge < -0.3 is 14.6 Å². The number of aromatic amines is 1. The number of amides is 1. The molecule has 1 aromatic carbocycles. The number of fused-ring (bicyclic) bond motifs is 1. The summed E-state index contributed by atoms with van der Waals surface area (Å²) in [5, 5.41) is 1.14. The van der Waals surface area contributed by atoms with Crippen molar-refractivity contribution in [3.8, 4) is 0 Å². The molecule has 0 bridgehead atoms. The van der Waals surface area contributed by atoms with Gasteiger partial charge in [-0.25, -0.2) is 0 Å². The van der Waals surface area contributed by atoms with E-state index in [9.17, 15) is 4.79 Å². The van der Waals surface area contributed by atoms with Gasteiger partial charge in [0.15, 0.2) is 0 Å². The molecule has 1 amide bonds. The Bertz CT molecular complexity index is 566. The predicted molar refractivity (Wildman–Crippen MR) is 78.7 cm³/mol. The molecule has 0 saturated carbocycles. The number of carbonyl (C=O) groups is 1. The number of rotatable bonds is 4. The Labute approximate surface area is 118 Å². The molecule has 0 aliphatic carbocycles. The van der Waals surface area contributed by atoms with Gasteiger partial charge >= 0.3 is 0 Å². The molecule has 4 heteroatoms. The van der Waals surface area contributed by atoms with Gasteiger partial charge in [0.05, 0.1) is 6.61 Å². The Morgan fingerprint density at radius 2 is 2.10 bits per heavy atom. The first kappa shape index (κ1) is 13.2. The highest BCUT2D eigenvalue weighted by Gasteiger charge is 2.28. The molecule has 1 fully saturated rings. The van der Waals surface area contributed by atoms with Crippen molar-refractivity contribution in [2.75, 3.05) is 26.8 Å². The molecule has 1 unspecified atom stereocenters. The van der Waals surface area contributed by atoms with Crippen LogP contribution in [0.3, 0.4) is 0 Å². The Morgan fingerprint density at radius 1 is 1.35 bits per heavy atom. The third kappa shape index (κ3) is 2.43. The molecule has 2 aromatic rings. The summed E-state index contributed by atoms with van der Waals surface area (Å²) in [5.41, 5.74) is 2.02. The maximum atomic E-state index is 12.6. The maximum absolute atomic E-state index is 12.6. The van der Waals surface area contributed by atoms with Crippen LogP contribution in [0.5, 0.6) is 0 Å². The van der Waals surface area contributed by atoms with Gasteiger partial charge in [0.25, 0.3) is 0 Å². The molecule has 1 saturated heterocycles. The van der Waals surface area contributed by atoms with Gasteiger partial charge in [-0.2, -0.15) is 0 Å². The number of hydrogen-bond acceptors (Lipinski definition) is 2. The SMILES string of the molecule is COCC(C(=O)N1CCCC1)c1cc2ccccc2[nH]1. The number of carbonyl (C=O) groups excluding carboxylic acids is 1. The molecule has 1 aliphatic heterocycles. The van der Waals surface area contributed by atoms with Crippen LogP contribution in [0, 0.1) is 0 Å². The summed E-state index contributed by atoms with van der Waals surface area (Å²) in [6, 6.07) is 10.2. The predicted octanol–water partition coefficient (Wildman–Crippen LogP) is 2.52. The highest BCUT2D eigenvalue weighted by atomic mass is 16.5. The van der Waals surface area contributed by atoms with Crippen LogP contribution < -0.4 is 0 Å².